The van der Waals surface area contributed by atoms with Gasteiger partial charge in [0.1, 0.15) is 22.8 Å². The molecule has 0 fully saturated rings. The third-order valence-electron chi connectivity index (χ3n) is 4.28. The monoisotopic (exact) mass is 322 g/mol. The van der Waals surface area contributed by atoms with Gasteiger partial charge >= 0.3 is 0 Å². The number of halogens is 2. The summed E-state index contributed by atoms with van der Waals surface area (Å²) >= 11 is 0. The first kappa shape index (κ1) is 16.1. The van der Waals surface area contributed by atoms with Gasteiger partial charge in [-0.25, -0.2) is 8.78 Å². The largest absolute Gasteiger partial charge is 0.298 e. The van der Waals surface area contributed by atoms with E-state index in [1.54, 1.807) is 48.5 Å². The highest BCUT2D eigenvalue weighted by Gasteiger charge is 2.43. The van der Waals surface area contributed by atoms with Gasteiger partial charge in [0.25, 0.3) is 0 Å². The van der Waals surface area contributed by atoms with Crippen LogP contribution in [0, 0.1) is 11.6 Å². The summed E-state index contributed by atoms with van der Waals surface area (Å²) in [5, 5.41) is 0. The average Bonchev–Trinajstić information content (AvgIpc) is 2.59. The molecule has 0 heterocycles. The first-order valence-corrected chi connectivity index (χ1v) is 7.64. The van der Waals surface area contributed by atoms with Crippen molar-refractivity contribution in [3.05, 3.63) is 107 Å². The van der Waals surface area contributed by atoms with Gasteiger partial charge in [-0.2, -0.15) is 0 Å². The van der Waals surface area contributed by atoms with E-state index >= 15 is 0 Å². The lowest BCUT2D eigenvalue weighted by molar-refractivity contribution is -0.120. The molecule has 0 aromatic heterocycles. The van der Waals surface area contributed by atoms with Gasteiger partial charge in [-0.05, 0) is 24.1 Å². The zero-order valence-corrected chi connectivity index (χ0v) is 13.2. The lowest BCUT2D eigenvalue weighted by atomic mass is 9.67. The Labute approximate surface area is 139 Å². The van der Waals surface area contributed by atoms with Crippen LogP contribution in [0.5, 0.6) is 0 Å². The first-order chi connectivity index (χ1) is 11.6. The van der Waals surface area contributed by atoms with Crippen molar-refractivity contribution >= 4 is 5.78 Å². The van der Waals surface area contributed by atoms with Gasteiger partial charge in [0.05, 0.1) is 0 Å². The number of carbonyl (C=O) groups excluding carboxylic acids is 1. The van der Waals surface area contributed by atoms with Gasteiger partial charge in [0, 0.05) is 11.6 Å². The molecule has 0 atom stereocenters. The molecule has 120 valence electrons. The molecule has 0 N–H and O–H groups in total. The molecule has 0 spiro atoms. The molecule has 0 aliphatic carbocycles. The van der Waals surface area contributed by atoms with Crippen molar-refractivity contribution < 1.29 is 13.6 Å². The summed E-state index contributed by atoms with van der Waals surface area (Å²) in [5.74, 6) is -1.64. The van der Waals surface area contributed by atoms with Crippen LogP contribution >= 0.6 is 0 Å². The lowest BCUT2D eigenvalue weighted by Gasteiger charge is -2.33. The standard InChI is InChI=1S/C21H16F2O/c1-15(24)21(16-8-4-2-5-9-16,17-10-6-3-7-11-17)19-13-12-18(22)14-20(19)23/h2-14H,1H3. The molecule has 3 rings (SSSR count). The van der Waals surface area contributed by atoms with Gasteiger partial charge in [-0.15, -0.1) is 0 Å². The van der Waals surface area contributed by atoms with Crippen molar-refractivity contribution in [3.8, 4) is 0 Å². The maximum absolute atomic E-state index is 14.7. The topological polar surface area (TPSA) is 17.1 Å². The summed E-state index contributed by atoms with van der Waals surface area (Å²) in [6.45, 7) is 1.43. The Kier molecular flexibility index (Phi) is 4.26. The smallest absolute Gasteiger partial charge is 0.149 e. The molecule has 3 aromatic rings. The van der Waals surface area contributed by atoms with Crippen LogP contribution in [0.15, 0.2) is 78.9 Å². The zero-order valence-electron chi connectivity index (χ0n) is 13.2. The average molecular weight is 322 g/mol. The van der Waals surface area contributed by atoms with E-state index < -0.39 is 17.0 Å². The number of rotatable bonds is 4. The number of hydrogen-bond acceptors (Lipinski definition) is 1. The Morgan fingerprint density at radius 2 is 1.29 bits per heavy atom. The predicted molar refractivity (Wildman–Crippen MR) is 89.8 cm³/mol. The number of carbonyl (C=O) groups is 1. The SMILES string of the molecule is CC(=O)C(c1ccccc1)(c1ccccc1)c1ccc(F)cc1F. The molecule has 0 saturated carbocycles. The number of benzene rings is 3. The molecule has 0 saturated heterocycles. The Morgan fingerprint density at radius 3 is 1.71 bits per heavy atom. The molecule has 3 heteroatoms. The molecule has 0 radical (unpaired) electrons. The third kappa shape index (κ3) is 2.52. The third-order valence-corrected chi connectivity index (χ3v) is 4.28. The van der Waals surface area contributed by atoms with Crippen molar-refractivity contribution in [2.24, 2.45) is 0 Å². The Morgan fingerprint density at radius 1 is 0.792 bits per heavy atom. The van der Waals surface area contributed by atoms with Gasteiger partial charge in [0.2, 0.25) is 0 Å². The molecule has 0 bridgehead atoms. The van der Waals surface area contributed by atoms with Crippen molar-refractivity contribution in [2.75, 3.05) is 0 Å². The normalized spacial score (nSPS) is 11.3. The fourth-order valence-electron chi connectivity index (χ4n) is 3.24. The maximum Gasteiger partial charge on any atom is 0.149 e. The molecule has 24 heavy (non-hydrogen) atoms. The second-order valence-electron chi connectivity index (χ2n) is 5.66. The second-order valence-corrected chi connectivity index (χ2v) is 5.66. The molecule has 0 unspecified atom stereocenters. The Balaban J connectivity index is 2.42. The van der Waals surface area contributed by atoms with E-state index in [0.29, 0.717) is 11.1 Å². The minimum Gasteiger partial charge on any atom is -0.298 e. The minimum atomic E-state index is -1.32. The summed E-state index contributed by atoms with van der Waals surface area (Å²) in [7, 11) is 0. The van der Waals surface area contributed by atoms with Crippen LogP contribution in [0.3, 0.4) is 0 Å². The van der Waals surface area contributed by atoms with Gasteiger partial charge in [-0.1, -0.05) is 66.7 Å². The van der Waals surface area contributed by atoms with E-state index in [0.717, 1.165) is 6.07 Å². The molecular formula is C21H16F2O. The van der Waals surface area contributed by atoms with E-state index in [2.05, 4.69) is 0 Å². The van der Waals surface area contributed by atoms with Crippen LogP contribution in [0.4, 0.5) is 8.78 Å². The van der Waals surface area contributed by atoms with Crippen LogP contribution in [0.2, 0.25) is 0 Å². The summed E-state index contributed by atoms with van der Waals surface area (Å²) in [4.78, 5) is 12.8. The zero-order chi connectivity index (χ0) is 17.2. The summed E-state index contributed by atoms with van der Waals surface area (Å²) in [5.41, 5.74) is 0.123. The maximum atomic E-state index is 14.7. The minimum absolute atomic E-state index is 0.147. The quantitative estimate of drug-likeness (QED) is 0.625. The second kappa shape index (κ2) is 6.36. The first-order valence-electron chi connectivity index (χ1n) is 7.64. The van der Waals surface area contributed by atoms with E-state index in [4.69, 9.17) is 0 Å². The van der Waals surface area contributed by atoms with Crippen LogP contribution in [0.25, 0.3) is 0 Å². The highest BCUT2D eigenvalue weighted by Crippen LogP contribution is 2.41. The van der Waals surface area contributed by atoms with E-state index in [-0.39, 0.29) is 11.3 Å². The van der Waals surface area contributed by atoms with Gasteiger partial charge < -0.3 is 0 Å². The van der Waals surface area contributed by atoms with Crippen molar-refractivity contribution in [1.82, 2.24) is 0 Å². The summed E-state index contributed by atoms with van der Waals surface area (Å²) in [6, 6.07) is 21.4. The predicted octanol–water partition coefficient (Wildman–Crippen LogP) is 4.89. The molecule has 1 nitrogen and oxygen atoms in total. The highest BCUT2D eigenvalue weighted by atomic mass is 19.1. The van der Waals surface area contributed by atoms with E-state index in [1.165, 1.54) is 19.1 Å². The van der Waals surface area contributed by atoms with E-state index in [9.17, 15) is 13.6 Å². The van der Waals surface area contributed by atoms with Crippen LogP contribution in [-0.2, 0) is 10.2 Å². The number of ketones is 1. The van der Waals surface area contributed by atoms with Crippen LogP contribution in [-0.4, -0.2) is 5.78 Å². The molecule has 0 amide bonds. The lowest BCUT2D eigenvalue weighted by Crippen LogP contribution is -2.37. The van der Waals surface area contributed by atoms with Crippen molar-refractivity contribution in [3.63, 3.8) is 0 Å². The van der Waals surface area contributed by atoms with Crippen molar-refractivity contribution in [1.29, 1.82) is 0 Å². The summed E-state index contributed by atoms with van der Waals surface area (Å²) in [6.07, 6.45) is 0. The number of Topliss-reactive ketones (excluding diaryl/α,β-unsaturated/α-hetero) is 1. The molecule has 0 aliphatic rings. The van der Waals surface area contributed by atoms with Crippen LogP contribution in [0.1, 0.15) is 23.6 Å². The van der Waals surface area contributed by atoms with Gasteiger partial charge in [0.15, 0.2) is 0 Å². The van der Waals surface area contributed by atoms with Crippen LogP contribution < -0.4 is 0 Å². The van der Waals surface area contributed by atoms with Crippen molar-refractivity contribution in [2.45, 2.75) is 12.3 Å². The molecular weight excluding hydrogens is 306 g/mol. The fraction of sp³-hybridized carbons (Fsp3) is 0.0952. The fourth-order valence-corrected chi connectivity index (χ4v) is 3.24. The Hall–Kier alpha value is -2.81. The summed E-state index contributed by atoms with van der Waals surface area (Å²) < 4.78 is 28.1. The Bertz CT molecular complexity index is 818. The van der Waals surface area contributed by atoms with E-state index in [1.807, 2.05) is 12.1 Å². The highest BCUT2D eigenvalue weighted by molar-refractivity contribution is 5.96. The molecule has 3 aromatic carbocycles. The molecule has 0 aliphatic heterocycles. The van der Waals surface area contributed by atoms with Gasteiger partial charge in [-0.3, -0.25) is 4.79 Å². The number of hydrogen-bond donors (Lipinski definition) is 0.